The molecule has 1 aromatic rings. The molecule has 2 heterocycles. The molecule has 19 heavy (non-hydrogen) atoms. The van der Waals surface area contributed by atoms with E-state index in [1.165, 1.54) is 0 Å². The lowest BCUT2D eigenvalue weighted by atomic mass is 9.95. The quantitative estimate of drug-likeness (QED) is 0.897. The third-order valence-electron chi connectivity index (χ3n) is 3.40. The van der Waals surface area contributed by atoms with Crippen molar-refractivity contribution in [1.82, 2.24) is 15.5 Å². The molecule has 2 rings (SSSR count). The van der Waals surface area contributed by atoms with Crippen molar-refractivity contribution in [2.24, 2.45) is 5.92 Å². The van der Waals surface area contributed by atoms with E-state index in [0.29, 0.717) is 0 Å². The smallest absolute Gasteiger partial charge is 0.223 e. The van der Waals surface area contributed by atoms with Crippen LogP contribution in [-0.4, -0.2) is 35.2 Å². The summed E-state index contributed by atoms with van der Waals surface area (Å²) in [4.78, 5) is 14.1. The first-order chi connectivity index (χ1) is 9.06. The van der Waals surface area contributed by atoms with Gasteiger partial charge < -0.3 is 10.2 Å². The second kappa shape index (κ2) is 5.99. The summed E-state index contributed by atoms with van der Waals surface area (Å²) < 4.78 is 0. The molecule has 1 saturated heterocycles. The van der Waals surface area contributed by atoms with Gasteiger partial charge in [-0.25, -0.2) is 0 Å². The summed E-state index contributed by atoms with van der Waals surface area (Å²) in [5.74, 6) is 1.23. The molecule has 1 aliphatic heterocycles. The predicted molar refractivity (Wildman–Crippen MR) is 75.0 cm³/mol. The number of aryl methyl sites for hydroxylation is 1. The summed E-state index contributed by atoms with van der Waals surface area (Å²) in [7, 11) is 0. The number of anilines is 1. The molecule has 5 heteroatoms. The van der Waals surface area contributed by atoms with E-state index in [1.54, 1.807) is 0 Å². The Morgan fingerprint density at radius 2 is 2.00 bits per heavy atom. The van der Waals surface area contributed by atoms with Gasteiger partial charge in [0.25, 0.3) is 0 Å². The fraction of sp³-hybridized carbons (Fsp3) is 0.643. The van der Waals surface area contributed by atoms with Crippen LogP contribution in [0.2, 0.25) is 0 Å². The summed E-state index contributed by atoms with van der Waals surface area (Å²) in [6.45, 7) is 7.66. The van der Waals surface area contributed by atoms with Crippen molar-refractivity contribution in [3.05, 3.63) is 17.8 Å². The summed E-state index contributed by atoms with van der Waals surface area (Å²) >= 11 is 0. The SMILES string of the molecule is Cc1ccc(N2CCC(C(=O)NC(C)C)CC2)nn1. The minimum atomic E-state index is 0.136. The van der Waals surface area contributed by atoms with Gasteiger partial charge in [-0.2, -0.15) is 5.10 Å². The molecule has 0 atom stereocenters. The van der Waals surface area contributed by atoms with Crippen LogP contribution in [0.15, 0.2) is 12.1 Å². The molecule has 5 nitrogen and oxygen atoms in total. The highest BCUT2D eigenvalue weighted by Gasteiger charge is 2.25. The summed E-state index contributed by atoms with van der Waals surface area (Å²) in [5.41, 5.74) is 0.926. The van der Waals surface area contributed by atoms with Crippen molar-refractivity contribution in [2.45, 2.75) is 39.7 Å². The highest BCUT2D eigenvalue weighted by molar-refractivity contribution is 5.79. The van der Waals surface area contributed by atoms with E-state index in [1.807, 2.05) is 32.9 Å². The van der Waals surface area contributed by atoms with E-state index in [0.717, 1.165) is 37.4 Å². The molecule has 0 radical (unpaired) electrons. The zero-order chi connectivity index (χ0) is 13.8. The normalized spacial score (nSPS) is 16.7. The zero-order valence-corrected chi connectivity index (χ0v) is 11.9. The van der Waals surface area contributed by atoms with Gasteiger partial charge >= 0.3 is 0 Å². The molecule has 0 aromatic carbocycles. The maximum Gasteiger partial charge on any atom is 0.223 e. The molecule has 0 aliphatic carbocycles. The van der Waals surface area contributed by atoms with Crippen LogP contribution in [0.25, 0.3) is 0 Å². The first-order valence-electron chi connectivity index (χ1n) is 6.92. The zero-order valence-electron chi connectivity index (χ0n) is 11.9. The number of carbonyl (C=O) groups excluding carboxylic acids is 1. The Morgan fingerprint density at radius 3 is 2.53 bits per heavy atom. The lowest BCUT2D eigenvalue weighted by molar-refractivity contribution is -0.126. The highest BCUT2D eigenvalue weighted by atomic mass is 16.1. The van der Waals surface area contributed by atoms with E-state index >= 15 is 0 Å². The number of amides is 1. The highest BCUT2D eigenvalue weighted by Crippen LogP contribution is 2.21. The Labute approximate surface area is 114 Å². The van der Waals surface area contributed by atoms with Crippen LogP contribution in [0.5, 0.6) is 0 Å². The summed E-state index contributed by atoms with van der Waals surface area (Å²) in [6.07, 6.45) is 1.77. The molecule has 1 N–H and O–H groups in total. The average Bonchev–Trinajstić information content (AvgIpc) is 2.39. The van der Waals surface area contributed by atoms with Crippen LogP contribution in [0.4, 0.5) is 5.82 Å². The van der Waals surface area contributed by atoms with Crippen molar-refractivity contribution >= 4 is 11.7 Å². The molecule has 1 aromatic heterocycles. The molecule has 0 saturated carbocycles. The standard InChI is InChI=1S/C14H22N4O/c1-10(2)15-14(19)12-6-8-18(9-7-12)13-5-4-11(3)16-17-13/h4-5,10,12H,6-9H2,1-3H3,(H,15,19). The van der Waals surface area contributed by atoms with E-state index < -0.39 is 0 Å². The van der Waals surface area contributed by atoms with Crippen molar-refractivity contribution < 1.29 is 4.79 Å². The van der Waals surface area contributed by atoms with Gasteiger partial charge in [-0.05, 0) is 45.7 Å². The number of rotatable bonds is 3. The number of piperidine rings is 1. The van der Waals surface area contributed by atoms with Gasteiger partial charge in [0, 0.05) is 25.0 Å². The number of hydrogen-bond acceptors (Lipinski definition) is 4. The molecule has 1 amide bonds. The third-order valence-corrected chi connectivity index (χ3v) is 3.40. The number of hydrogen-bond donors (Lipinski definition) is 1. The predicted octanol–water partition coefficient (Wildman–Crippen LogP) is 1.53. The minimum Gasteiger partial charge on any atom is -0.355 e. The first-order valence-corrected chi connectivity index (χ1v) is 6.92. The number of nitrogens with one attached hydrogen (secondary N) is 1. The van der Waals surface area contributed by atoms with E-state index in [2.05, 4.69) is 20.4 Å². The van der Waals surface area contributed by atoms with Crippen LogP contribution in [0.1, 0.15) is 32.4 Å². The van der Waals surface area contributed by atoms with Crippen LogP contribution in [-0.2, 0) is 4.79 Å². The fourth-order valence-corrected chi connectivity index (χ4v) is 2.33. The van der Waals surface area contributed by atoms with Gasteiger partial charge in [0.05, 0.1) is 5.69 Å². The third kappa shape index (κ3) is 3.66. The van der Waals surface area contributed by atoms with Crippen molar-refractivity contribution in [3.8, 4) is 0 Å². The molecular weight excluding hydrogens is 240 g/mol. The molecule has 1 aliphatic rings. The monoisotopic (exact) mass is 262 g/mol. The summed E-state index contributed by atoms with van der Waals surface area (Å²) in [5, 5.41) is 11.3. The molecule has 1 fully saturated rings. The Morgan fingerprint density at radius 1 is 1.32 bits per heavy atom. The van der Waals surface area contributed by atoms with Gasteiger partial charge in [-0.15, -0.1) is 5.10 Å². The molecule has 0 spiro atoms. The van der Waals surface area contributed by atoms with Gasteiger partial charge in [0.15, 0.2) is 5.82 Å². The lowest BCUT2D eigenvalue weighted by Gasteiger charge is -2.32. The number of aromatic nitrogens is 2. The van der Waals surface area contributed by atoms with Crippen molar-refractivity contribution in [3.63, 3.8) is 0 Å². The maximum atomic E-state index is 11.9. The van der Waals surface area contributed by atoms with Gasteiger partial charge in [-0.1, -0.05) is 0 Å². The number of carbonyl (C=O) groups is 1. The molecular formula is C14H22N4O. The first kappa shape index (κ1) is 13.8. The fourth-order valence-electron chi connectivity index (χ4n) is 2.33. The van der Waals surface area contributed by atoms with Crippen LogP contribution in [0.3, 0.4) is 0 Å². The van der Waals surface area contributed by atoms with E-state index in [9.17, 15) is 4.79 Å². The molecule has 0 unspecified atom stereocenters. The Kier molecular flexibility index (Phi) is 4.35. The molecule has 0 bridgehead atoms. The van der Waals surface area contributed by atoms with E-state index in [-0.39, 0.29) is 17.9 Å². The second-order valence-corrected chi connectivity index (χ2v) is 5.46. The lowest BCUT2D eigenvalue weighted by Crippen LogP contribution is -2.42. The minimum absolute atomic E-state index is 0.136. The second-order valence-electron chi connectivity index (χ2n) is 5.46. The van der Waals surface area contributed by atoms with Gasteiger partial charge in [0.2, 0.25) is 5.91 Å². The molecule has 104 valence electrons. The average molecular weight is 262 g/mol. The Balaban J connectivity index is 1.88. The number of nitrogens with zero attached hydrogens (tertiary/aromatic N) is 3. The topological polar surface area (TPSA) is 58.1 Å². The largest absolute Gasteiger partial charge is 0.355 e. The van der Waals surface area contributed by atoms with Gasteiger partial charge in [0.1, 0.15) is 0 Å². The van der Waals surface area contributed by atoms with Crippen molar-refractivity contribution in [2.75, 3.05) is 18.0 Å². The van der Waals surface area contributed by atoms with Crippen LogP contribution in [0, 0.1) is 12.8 Å². The Hall–Kier alpha value is -1.65. The maximum absolute atomic E-state index is 11.9. The Bertz CT molecular complexity index is 422. The summed E-state index contributed by atoms with van der Waals surface area (Å²) in [6, 6.07) is 4.19. The van der Waals surface area contributed by atoms with E-state index in [4.69, 9.17) is 0 Å². The van der Waals surface area contributed by atoms with Crippen molar-refractivity contribution in [1.29, 1.82) is 0 Å². The van der Waals surface area contributed by atoms with Crippen LogP contribution < -0.4 is 10.2 Å². The van der Waals surface area contributed by atoms with Gasteiger partial charge in [-0.3, -0.25) is 4.79 Å². The van der Waals surface area contributed by atoms with Crippen LogP contribution >= 0.6 is 0 Å².